The van der Waals surface area contributed by atoms with Crippen molar-refractivity contribution >= 4 is 45.1 Å². The molecule has 1 amide bonds. The molecule has 0 atom stereocenters. The van der Waals surface area contributed by atoms with Gasteiger partial charge in [0.25, 0.3) is 0 Å². The van der Waals surface area contributed by atoms with Crippen LogP contribution in [0.4, 0.5) is 10.6 Å². The fourth-order valence-corrected chi connectivity index (χ4v) is 2.05. The van der Waals surface area contributed by atoms with Gasteiger partial charge in [-0.1, -0.05) is 11.6 Å². The molecule has 0 fully saturated rings. The first-order valence-corrected chi connectivity index (χ1v) is 5.92. The van der Waals surface area contributed by atoms with Gasteiger partial charge >= 0.3 is 6.09 Å². The Morgan fingerprint density at radius 1 is 1.71 bits per heavy atom. The highest BCUT2D eigenvalue weighted by atomic mass is 79.9. The van der Waals surface area contributed by atoms with Crippen molar-refractivity contribution in [2.24, 2.45) is 0 Å². The van der Waals surface area contributed by atoms with Gasteiger partial charge in [-0.3, -0.25) is 5.32 Å². The standard InChI is InChI=1S/C9H8BrClN4O2/c1-2-17-9(16)13-7-4-15-8(12-7)5(10)3-6(11)14-15/h3-4H,2H2,1H3,(H,13,16). The Bertz CT molecular complexity index is 571. The van der Waals surface area contributed by atoms with Crippen molar-refractivity contribution < 1.29 is 9.53 Å². The average Bonchev–Trinajstić information content (AvgIpc) is 2.60. The summed E-state index contributed by atoms with van der Waals surface area (Å²) in [5.41, 5.74) is 0.557. The highest BCUT2D eigenvalue weighted by Gasteiger charge is 2.10. The molecule has 1 N–H and O–H groups in total. The van der Waals surface area contributed by atoms with Crippen molar-refractivity contribution in [2.45, 2.75) is 6.92 Å². The molecule has 0 radical (unpaired) electrons. The number of hydrogen-bond acceptors (Lipinski definition) is 4. The number of carbonyl (C=O) groups is 1. The molecule has 2 heterocycles. The number of aromatic nitrogens is 3. The van der Waals surface area contributed by atoms with Crippen LogP contribution in [0.3, 0.4) is 0 Å². The highest BCUT2D eigenvalue weighted by Crippen LogP contribution is 2.21. The minimum atomic E-state index is -0.557. The third kappa shape index (κ3) is 2.67. The molecule has 2 rings (SSSR count). The molecule has 2 aromatic rings. The summed E-state index contributed by atoms with van der Waals surface area (Å²) >= 11 is 9.09. The first-order valence-electron chi connectivity index (χ1n) is 4.75. The van der Waals surface area contributed by atoms with E-state index in [1.165, 1.54) is 4.52 Å². The maximum atomic E-state index is 11.2. The van der Waals surface area contributed by atoms with Crippen LogP contribution in [0.1, 0.15) is 6.92 Å². The normalized spacial score (nSPS) is 10.5. The van der Waals surface area contributed by atoms with E-state index in [9.17, 15) is 4.79 Å². The van der Waals surface area contributed by atoms with Gasteiger partial charge in [0.05, 0.1) is 17.3 Å². The zero-order valence-electron chi connectivity index (χ0n) is 8.78. The van der Waals surface area contributed by atoms with E-state index in [2.05, 4.69) is 31.3 Å². The second-order valence-corrected chi connectivity index (χ2v) is 4.30. The van der Waals surface area contributed by atoms with E-state index < -0.39 is 6.09 Å². The van der Waals surface area contributed by atoms with E-state index in [1.807, 2.05) is 0 Å². The second-order valence-electron chi connectivity index (χ2n) is 3.05. The molecule has 0 spiro atoms. The van der Waals surface area contributed by atoms with E-state index in [0.29, 0.717) is 27.7 Å². The van der Waals surface area contributed by atoms with Gasteiger partial charge in [-0.25, -0.2) is 14.3 Å². The molecule has 2 aromatic heterocycles. The Kier molecular flexibility index (Phi) is 3.49. The number of imidazole rings is 1. The number of rotatable bonds is 2. The van der Waals surface area contributed by atoms with Gasteiger partial charge in [-0.15, -0.1) is 0 Å². The van der Waals surface area contributed by atoms with Crippen LogP contribution in [0.25, 0.3) is 5.65 Å². The Balaban J connectivity index is 2.32. The molecular formula is C9H8BrClN4O2. The Hall–Kier alpha value is -1.34. The van der Waals surface area contributed by atoms with Crippen LogP contribution in [0.15, 0.2) is 16.7 Å². The van der Waals surface area contributed by atoms with E-state index in [1.54, 1.807) is 19.2 Å². The Morgan fingerprint density at radius 2 is 2.47 bits per heavy atom. The predicted octanol–water partition coefficient (Wildman–Crippen LogP) is 2.71. The van der Waals surface area contributed by atoms with Crippen LogP contribution in [0, 0.1) is 0 Å². The topological polar surface area (TPSA) is 68.5 Å². The fraction of sp³-hybridized carbons (Fsp3) is 0.222. The lowest BCUT2D eigenvalue weighted by molar-refractivity contribution is 0.168. The van der Waals surface area contributed by atoms with Crippen LogP contribution in [-0.2, 0) is 4.74 Å². The number of fused-ring (bicyclic) bond motifs is 1. The summed E-state index contributed by atoms with van der Waals surface area (Å²) in [5, 5.41) is 6.81. The average molecular weight is 320 g/mol. The lowest BCUT2D eigenvalue weighted by Gasteiger charge is -1.99. The number of carbonyl (C=O) groups excluding carboxylic acids is 1. The molecule has 0 bridgehead atoms. The molecule has 0 aromatic carbocycles. The van der Waals surface area contributed by atoms with Crippen LogP contribution in [0.5, 0.6) is 0 Å². The molecule has 17 heavy (non-hydrogen) atoms. The predicted molar refractivity (Wildman–Crippen MR) is 66.3 cm³/mol. The van der Waals surface area contributed by atoms with Gasteiger partial charge in [0.15, 0.2) is 16.6 Å². The number of ether oxygens (including phenoxy) is 1. The summed E-state index contributed by atoms with van der Waals surface area (Å²) in [4.78, 5) is 15.4. The molecule has 0 aliphatic heterocycles. The van der Waals surface area contributed by atoms with Crippen molar-refractivity contribution in [1.82, 2.24) is 14.6 Å². The maximum absolute atomic E-state index is 11.2. The van der Waals surface area contributed by atoms with Crippen molar-refractivity contribution in [3.8, 4) is 0 Å². The van der Waals surface area contributed by atoms with Gasteiger partial charge in [-0.05, 0) is 28.9 Å². The number of anilines is 1. The maximum Gasteiger partial charge on any atom is 0.412 e. The molecule has 0 saturated heterocycles. The van der Waals surface area contributed by atoms with Crippen LogP contribution < -0.4 is 5.32 Å². The lowest BCUT2D eigenvalue weighted by atomic mass is 10.6. The lowest BCUT2D eigenvalue weighted by Crippen LogP contribution is -2.13. The highest BCUT2D eigenvalue weighted by molar-refractivity contribution is 9.10. The molecule has 0 aliphatic rings. The molecule has 90 valence electrons. The Morgan fingerprint density at radius 3 is 3.18 bits per heavy atom. The van der Waals surface area contributed by atoms with Gasteiger partial charge < -0.3 is 4.74 Å². The summed E-state index contributed by atoms with van der Waals surface area (Å²) in [6.07, 6.45) is 0.987. The number of halogens is 2. The smallest absolute Gasteiger partial charge is 0.412 e. The van der Waals surface area contributed by atoms with Crippen molar-refractivity contribution in [3.05, 3.63) is 21.9 Å². The van der Waals surface area contributed by atoms with Gasteiger partial charge in [-0.2, -0.15) is 5.10 Å². The summed E-state index contributed by atoms with van der Waals surface area (Å²) < 4.78 is 6.89. The molecule has 0 aliphatic carbocycles. The fourth-order valence-electron chi connectivity index (χ4n) is 1.24. The van der Waals surface area contributed by atoms with Crippen molar-refractivity contribution in [1.29, 1.82) is 0 Å². The van der Waals surface area contributed by atoms with Crippen LogP contribution in [-0.4, -0.2) is 27.3 Å². The first kappa shape index (κ1) is 12.1. The third-order valence-corrected chi connectivity index (χ3v) is 2.62. The Labute approximate surface area is 110 Å². The largest absolute Gasteiger partial charge is 0.450 e. The molecule has 6 nitrogen and oxygen atoms in total. The monoisotopic (exact) mass is 318 g/mol. The minimum Gasteiger partial charge on any atom is -0.450 e. The molecule has 0 saturated carbocycles. The summed E-state index contributed by atoms with van der Waals surface area (Å²) in [5.74, 6) is 0.346. The molecule has 0 unspecified atom stereocenters. The SMILES string of the molecule is CCOC(=O)Nc1cn2nc(Cl)cc(Br)c2n1. The van der Waals surface area contributed by atoms with Gasteiger partial charge in [0.2, 0.25) is 0 Å². The van der Waals surface area contributed by atoms with Crippen LogP contribution in [0.2, 0.25) is 5.15 Å². The van der Waals surface area contributed by atoms with Gasteiger partial charge in [0, 0.05) is 0 Å². The van der Waals surface area contributed by atoms with Crippen LogP contribution >= 0.6 is 27.5 Å². The van der Waals surface area contributed by atoms with E-state index >= 15 is 0 Å². The second kappa shape index (κ2) is 4.89. The molecule has 8 heteroatoms. The van der Waals surface area contributed by atoms with Crippen molar-refractivity contribution in [2.75, 3.05) is 11.9 Å². The number of nitrogens with one attached hydrogen (secondary N) is 1. The van der Waals surface area contributed by atoms with E-state index in [4.69, 9.17) is 16.3 Å². The quantitative estimate of drug-likeness (QED) is 0.924. The third-order valence-electron chi connectivity index (χ3n) is 1.86. The van der Waals surface area contributed by atoms with Gasteiger partial charge in [0.1, 0.15) is 0 Å². The van der Waals surface area contributed by atoms with E-state index in [-0.39, 0.29) is 0 Å². The van der Waals surface area contributed by atoms with E-state index in [0.717, 1.165) is 0 Å². The summed E-state index contributed by atoms with van der Waals surface area (Å²) in [7, 11) is 0. The summed E-state index contributed by atoms with van der Waals surface area (Å²) in [6, 6.07) is 1.62. The number of hydrogen-bond donors (Lipinski definition) is 1. The number of amides is 1. The molecular weight excluding hydrogens is 311 g/mol. The zero-order chi connectivity index (χ0) is 12.4. The zero-order valence-corrected chi connectivity index (χ0v) is 11.1. The number of nitrogens with zero attached hydrogens (tertiary/aromatic N) is 3. The first-order chi connectivity index (χ1) is 8.10. The van der Waals surface area contributed by atoms with Crippen molar-refractivity contribution in [3.63, 3.8) is 0 Å². The summed E-state index contributed by atoms with van der Waals surface area (Å²) in [6.45, 7) is 2.02. The minimum absolute atomic E-state index is 0.299.